The van der Waals surface area contributed by atoms with E-state index in [0.29, 0.717) is 0 Å². The predicted molar refractivity (Wildman–Crippen MR) is 108 cm³/mol. The van der Waals surface area contributed by atoms with Crippen LogP contribution in [0.2, 0.25) is 0 Å². The van der Waals surface area contributed by atoms with Crippen LogP contribution in [0.1, 0.15) is 58.8 Å². The average Bonchev–Trinajstić information content (AvgIpc) is 2.69. The van der Waals surface area contributed by atoms with Gasteiger partial charge < -0.3 is 15.5 Å². The first-order valence-corrected chi connectivity index (χ1v) is 10.3. The van der Waals surface area contributed by atoms with Crippen LogP contribution in [0.4, 0.5) is 11.5 Å². The Bertz CT molecular complexity index is 630. The van der Waals surface area contributed by atoms with E-state index in [2.05, 4.69) is 20.5 Å². The van der Waals surface area contributed by atoms with Gasteiger partial charge >= 0.3 is 0 Å². The Hall–Kier alpha value is -2.11. The highest BCUT2D eigenvalue weighted by molar-refractivity contribution is 5.92. The highest BCUT2D eigenvalue weighted by Gasteiger charge is 2.26. The summed E-state index contributed by atoms with van der Waals surface area (Å²) in [4.78, 5) is 31.2. The summed E-state index contributed by atoms with van der Waals surface area (Å²) in [6.45, 7) is 5.64. The molecule has 2 N–H and O–H groups in total. The van der Waals surface area contributed by atoms with Gasteiger partial charge in [-0.2, -0.15) is 0 Å². The molecule has 1 saturated carbocycles. The quantitative estimate of drug-likeness (QED) is 0.831. The molecule has 148 valence electrons. The second kappa shape index (κ2) is 9.20. The van der Waals surface area contributed by atoms with Crippen molar-refractivity contribution in [3.8, 4) is 0 Å². The van der Waals surface area contributed by atoms with Gasteiger partial charge in [-0.1, -0.05) is 19.3 Å². The second-order valence-corrected chi connectivity index (χ2v) is 8.15. The smallest absolute Gasteiger partial charge is 0.227 e. The molecule has 6 heteroatoms. The standard InChI is InChI=1S/C21H32N4O2/c1-15(2)23-20(26)17-10-12-25(13-11-17)19-9-8-18(14-22-19)24-21(27)16-6-4-3-5-7-16/h8-9,14-17H,3-7,10-13H2,1-2H3,(H,23,26)(H,24,27). The van der Waals surface area contributed by atoms with Crippen molar-refractivity contribution in [2.24, 2.45) is 11.8 Å². The van der Waals surface area contributed by atoms with Crippen LogP contribution in [0, 0.1) is 11.8 Å². The highest BCUT2D eigenvalue weighted by atomic mass is 16.2. The number of nitrogens with one attached hydrogen (secondary N) is 2. The summed E-state index contributed by atoms with van der Waals surface area (Å²) >= 11 is 0. The molecular formula is C21H32N4O2. The van der Waals surface area contributed by atoms with E-state index in [4.69, 9.17) is 0 Å². The Balaban J connectivity index is 1.49. The van der Waals surface area contributed by atoms with Crippen LogP contribution in [0.3, 0.4) is 0 Å². The van der Waals surface area contributed by atoms with Gasteiger partial charge in [0.2, 0.25) is 11.8 Å². The van der Waals surface area contributed by atoms with Crippen molar-refractivity contribution >= 4 is 23.3 Å². The van der Waals surface area contributed by atoms with Crippen molar-refractivity contribution in [2.75, 3.05) is 23.3 Å². The van der Waals surface area contributed by atoms with E-state index in [-0.39, 0.29) is 29.7 Å². The van der Waals surface area contributed by atoms with Crippen LogP contribution < -0.4 is 15.5 Å². The van der Waals surface area contributed by atoms with Gasteiger partial charge in [0.1, 0.15) is 5.82 Å². The molecule has 1 aliphatic carbocycles. The molecule has 6 nitrogen and oxygen atoms in total. The number of carbonyl (C=O) groups is 2. The number of carbonyl (C=O) groups excluding carboxylic acids is 2. The van der Waals surface area contributed by atoms with Crippen molar-refractivity contribution in [3.63, 3.8) is 0 Å². The summed E-state index contributed by atoms with van der Waals surface area (Å²) in [7, 11) is 0. The van der Waals surface area contributed by atoms with E-state index in [1.807, 2.05) is 26.0 Å². The van der Waals surface area contributed by atoms with Gasteiger partial charge in [0.25, 0.3) is 0 Å². The van der Waals surface area contributed by atoms with Gasteiger partial charge in [-0.05, 0) is 51.7 Å². The van der Waals surface area contributed by atoms with Crippen molar-refractivity contribution in [1.82, 2.24) is 10.3 Å². The lowest BCUT2D eigenvalue weighted by Crippen LogP contribution is -2.42. The summed E-state index contributed by atoms with van der Waals surface area (Å²) in [5, 5.41) is 6.02. The SMILES string of the molecule is CC(C)NC(=O)C1CCN(c2ccc(NC(=O)C3CCCCC3)cn2)CC1. The molecule has 0 bridgehead atoms. The molecule has 0 unspecified atom stereocenters. The van der Waals surface area contributed by atoms with E-state index >= 15 is 0 Å². The molecule has 0 atom stereocenters. The van der Waals surface area contributed by atoms with Crippen LogP contribution in [0.25, 0.3) is 0 Å². The maximum atomic E-state index is 12.3. The van der Waals surface area contributed by atoms with Gasteiger partial charge in [-0.15, -0.1) is 0 Å². The molecule has 2 fully saturated rings. The largest absolute Gasteiger partial charge is 0.357 e. The minimum Gasteiger partial charge on any atom is -0.357 e. The molecule has 2 amide bonds. The monoisotopic (exact) mass is 372 g/mol. The van der Waals surface area contributed by atoms with Crippen molar-refractivity contribution in [3.05, 3.63) is 18.3 Å². The lowest BCUT2D eigenvalue weighted by Gasteiger charge is -2.32. The van der Waals surface area contributed by atoms with Crippen LogP contribution in [-0.2, 0) is 9.59 Å². The number of amides is 2. The lowest BCUT2D eigenvalue weighted by molar-refractivity contribution is -0.126. The minimum atomic E-state index is 0.0951. The zero-order chi connectivity index (χ0) is 19.2. The third-order valence-electron chi connectivity index (χ3n) is 5.61. The summed E-state index contributed by atoms with van der Waals surface area (Å²) in [5.41, 5.74) is 0.764. The number of hydrogen-bond donors (Lipinski definition) is 2. The zero-order valence-corrected chi connectivity index (χ0v) is 16.5. The molecule has 0 aromatic carbocycles. The van der Waals surface area contributed by atoms with Gasteiger partial charge in [-0.3, -0.25) is 9.59 Å². The first kappa shape index (κ1) is 19.6. The Morgan fingerprint density at radius 3 is 2.26 bits per heavy atom. The Morgan fingerprint density at radius 2 is 1.67 bits per heavy atom. The second-order valence-electron chi connectivity index (χ2n) is 8.15. The van der Waals surface area contributed by atoms with E-state index in [0.717, 1.165) is 63.1 Å². The van der Waals surface area contributed by atoms with E-state index in [9.17, 15) is 9.59 Å². The number of pyridine rings is 1. The fourth-order valence-corrected chi connectivity index (χ4v) is 4.03. The fraction of sp³-hybridized carbons (Fsp3) is 0.667. The van der Waals surface area contributed by atoms with Gasteiger partial charge in [0.05, 0.1) is 11.9 Å². The number of piperidine rings is 1. The highest BCUT2D eigenvalue weighted by Crippen LogP contribution is 2.26. The molecule has 0 radical (unpaired) electrons. The van der Waals surface area contributed by atoms with Crippen molar-refractivity contribution < 1.29 is 9.59 Å². The Labute approximate surface area is 162 Å². The molecule has 2 heterocycles. The molecule has 0 spiro atoms. The normalized spacial score (nSPS) is 19.1. The van der Waals surface area contributed by atoms with Crippen LogP contribution in [0.15, 0.2) is 18.3 Å². The molecule has 1 aliphatic heterocycles. The number of rotatable bonds is 5. The van der Waals surface area contributed by atoms with Crippen LogP contribution in [-0.4, -0.2) is 35.9 Å². The van der Waals surface area contributed by atoms with E-state index < -0.39 is 0 Å². The zero-order valence-electron chi connectivity index (χ0n) is 16.5. The first-order valence-electron chi connectivity index (χ1n) is 10.3. The third kappa shape index (κ3) is 5.44. The molecule has 1 aromatic rings. The summed E-state index contributed by atoms with van der Waals surface area (Å²) in [6.07, 6.45) is 8.98. The molecule has 3 rings (SSSR count). The third-order valence-corrected chi connectivity index (χ3v) is 5.61. The average molecular weight is 373 g/mol. The summed E-state index contributed by atoms with van der Waals surface area (Å²) < 4.78 is 0. The van der Waals surface area contributed by atoms with Gasteiger partial charge in [0, 0.05) is 31.0 Å². The van der Waals surface area contributed by atoms with Crippen LogP contribution in [0.5, 0.6) is 0 Å². The lowest BCUT2D eigenvalue weighted by atomic mass is 9.88. The molecule has 1 saturated heterocycles. The maximum absolute atomic E-state index is 12.3. The van der Waals surface area contributed by atoms with Gasteiger partial charge in [0.15, 0.2) is 0 Å². The number of anilines is 2. The first-order chi connectivity index (χ1) is 13.0. The minimum absolute atomic E-state index is 0.0951. The number of hydrogen-bond acceptors (Lipinski definition) is 4. The van der Waals surface area contributed by atoms with Crippen molar-refractivity contribution in [1.29, 1.82) is 0 Å². The number of nitrogens with zero attached hydrogens (tertiary/aromatic N) is 2. The Morgan fingerprint density at radius 1 is 1.00 bits per heavy atom. The van der Waals surface area contributed by atoms with E-state index in [1.54, 1.807) is 6.20 Å². The summed E-state index contributed by atoms with van der Waals surface area (Å²) in [5.74, 6) is 1.44. The molecule has 27 heavy (non-hydrogen) atoms. The predicted octanol–water partition coefficient (Wildman–Crippen LogP) is 3.34. The molecule has 1 aromatic heterocycles. The topological polar surface area (TPSA) is 74.3 Å². The van der Waals surface area contributed by atoms with Gasteiger partial charge in [-0.25, -0.2) is 4.98 Å². The van der Waals surface area contributed by atoms with Crippen LogP contribution >= 0.6 is 0 Å². The van der Waals surface area contributed by atoms with E-state index in [1.165, 1.54) is 6.42 Å². The summed E-state index contributed by atoms with van der Waals surface area (Å²) in [6, 6.07) is 4.08. The Kier molecular flexibility index (Phi) is 6.69. The molecule has 2 aliphatic rings. The van der Waals surface area contributed by atoms with Crippen molar-refractivity contribution in [2.45, 2.75) is 64.8 Å². The number of aromatic nitrogens is 1. The molecular weight excluding hydrogens is 340 g/mol. The maximum Gasteiger partial charge on any atom is 0.227 e. The fourth-order valence-electron chi connectivity index (χ4n) is 4.03.